The third-order valence-electron chi connectivity index (χ3n) is 2.47. The van der Waals surface area contributed by atoms with Crippen LogP contribution in [0.2, 0.25) is 0 Å². The van der Waals surface area contributed by atoms with Crippen molar-refractivity contribution < 1.29 is 0 Å². The maximum absolute atomic E-state index is 2.39. The minimum Gasteiger partial charge on any atom is -0.0654 e. The van der Waals surface area contributed by atoms with Crippen LogP contribution in [0.5, 0.6) is 0 Å². The van der Waals surface area contributed by atoms with Gasteiger partial charge in [0.25, 0.3) is 0 Å². The van der Waals surface area contributed by atoms with Gasteiger partial charge in [-0.2, -0.15) is 0 Å². The molecule has 0 N–H and O–H groups in total. The molecule has 1 radical (unpaired) electrons. The Morgan fingerprint density at radius 3 is 2.33 bits per heavy atom. The molecule has 0 amide bonds. The van der Waals surface area contributed by atoms with Gasteiger partial charge in [-0.05, 0) is 37.0 Å². The summed E-state index contributed by atoms with van der Waals surface area (Å²) in [6.07, 6.45) is 7.60. The van der Waals surface area contributed by atoms with Crippen LogP contribution in [-0.4, -0.2) is 0 Å². The van der Waals surface area contributed by atoms with Gasteiger partial charge in [0.05, 0.1) is 0 Å². The lowest BCUT2D eigenvalue weighted by Crippen LogP contribution is -2.15. The summed E-state index contributed by atoms with van der Waals surface area (Å²) in [7, 11) is 0. The fourth-order valence-corrected chi connectivity index (χ4v) is 2.21. The predicted octanol–water partition coefficient (Wildman–Crippen LogP) is 4.45. The highest BCUT2D eigenvalue weighted by Crippen LogP contribution is 2.31. The van der Waals surface area contributed by atoms with Crippen LogP contribution in [0, 0.1) is 17.8 Å². The molecule has 0 aromatic carbocycles. The van der Waals surface area contributed by atoms with Gasteiger partial charge >= 0.3 is 0 Å². The monoisotopic (exact) mass is 169 g/mol. The highest BCUT2D eigenvalue weighted by atomic mass is 14.2. The maximum atomic E-state index is 2.39. The Hall–Kier alpha value is 0. The standard InChI is InChI=1S/C12H25/c1-6-8-11(3)10-12(4,5)9-7-2/h6,11H,7-10H2,1-5H3. The van der Waals surface area contributed by atoms with Gasteiger partial charge < -0.3 is 0 Å². The van der Waals surface area contributed by atoms with E-state index in [0.717, 1.165) is 5.92 Å². The third-order valence-corrected chi connectivity index (χ3v) is 2.47. The quantitative estimate of drug-likeness (QED) is 0.551. The van der Waals surface area contributed by atoms with Crippen molar-refractivity contribution >= 4 is 0 Å². The second-order valence-electron chi connectivity index (χ2n) is 4.87. The molecular formula is C12H25. The van der Waals surface area contributed by atoms with Crippen molar-refractivity contribution in [3.8, 4) is 0 Å². The van der Waals surface area contributed by atoms with E-state index in [2.05, 4.69) is 41.0 Å². The summed E-state index contributed by atoms with van der Waals surface area (Å²) in [5.74, 6) is 0.858. The molecule has 0 fully saturated rings. The van der Waals surface area contributed by atoms with Gasteiger partial charge in [0.1, 0.15) is 0 Å². The molecule has 0 rings (SSSR count). The Bertz CT molecular complexity index is 103. The first-order chi connectivity index (χ1) is 5.52. The van der Waals surface area contributed by atoms with Crippen LogP contribution in [0.25, 0.3) is 0 Å². The van der Waals surface area contributed by atoms with E-state index in [1.54, 1.807) is 0 Å². The van der Waals surface area contributed by atoms with Crippen LogP contribution in [0.4, 0.5) is 0 Å². The molecule has 0 saturated heterocycles. The number of hydrogen-bond acceptors (Lipinski definition) is 0. The van der Waals surface area contributed by atoms with Crippen molar-refractivity contribution in [1.82, 2.24) is 0 Å². The number of rotatable bonds is 6. The van der Waals surface area contributed by atoms with Gasteiger partial charge in [0.15, 0.2) is 0 Å². The van der Waals surface area contributed by atoms with Crippen LogP contribution in [0.1, 0.15) is 60.3 Å². The fraction of sp³-hybridized carbons (Fsp3) is 0.917. The summed E-state index contributed by atoms with van der Waals surface area (Å²) in [5, 5.41) is 0. The zero-order valence-electron chi connectivity index (χ0n) is 9.48. The molecule has 0 bridgehead atoms. The molecule has 0 spiro atoms. The number of hydrogen-bond donors (Lipinski definition) is 0. The van der Waals surface area contributed by atoms with E-state index in [4.69, 9.17) is 0 Å². The van der Waals surface area contributed by atoms with E-state index in [0.29, 0.717) is 5.41 Å². The van der Waals surface area contributed by atoms with Gasteiger partial charge in [-0.25, -0.2) is 0 Å². The second kappa shape index (κ2) is 5.61. The van der Waals surface area contributed by atoms with Gasteiger partial charge in [0.2, 0.25) is 0 Å². The zero-order chi connectivity index (χ0) is 9.61. The third kappa shape index (κ3) is 5.62. The van der Waals surface area contributed by atoms with E-state index >= 15 is 0 Å². The Morgan fingerprint density at radius 2 is 1.92 bits per heavy atom. The Morgan fingerprint density at radius 1 is 1.33 bits per heavy atom. The largest absolute Gasteiger partial charge is 0.0654 e. The molecule has 0 aromatic rings. The maximum Gasteiger partial charge on any atom is -0.0352 e. The van der Waals surface area contributed by atoms with Crippen molar-refractivity contribution in [3.63, 3.8) is 0 Å². The van der Waals surface area contributed by atoms with Crippen molar-refractivity contribution in [3.05, 3.63) is 6.42 Å². The van der Waals surface area contributed by atoms with Gasteiger partial charge in [-0.15, -0.1) is 0 Å². The van der Waals surface area contributed by atoms with E-state index in [9.17, 15) is 0 Å². The van der Waals surface area contributed by atoms with Crippen LogP contribution in [0.3, 0.4) is 0 Å². The fourth-order valence-electron chi connectivity index (χ4n) is 2.21. The van der Waals surface area contributed by atoms with Crippen molar-refractivity contribution in [2.24, 2.45) is 11.3 Å². The zero-order valence-corrected chi connectivity index (χ0v) is 9.48. The average Bonchev–Trinajstić information content (AvgIpc) is 1.85. The molecule has 0 heteroatoms. The minimum absolute atomic E-state index is 0.553. The van der Waals surface area contributed by atoms with Crippen molar-refractivity contribution in [1.29, 1.82) is 0 Å². The molecule has 0 aromatic heterocycles. The van der Waals surface area contributed by atoms with Crippen LogP contribution in [-0.2, 0) is 0 Å². The summed E-state index contributed by atoms with van der Waals surface area (Å²) in [6.45, 7) is 11.6. The lowest BCUT2D eigenvalue weighted by atomic mass is 9.79. The predicted molar refractivity (Wildman–Crippen MR) is 57.1 cm³/mol. The molecule has 12 heavy (non-hydrogen) atoms. The van der Waals surface area contributed by atoms with Crippen molar-refractivity contribution in [2.75, 3.05) is 0 Å². The summed E-state index contributed by atoms with van der Waals surface area (Å²) in [4.78, 5) is 0. The molecule has 0 aliphatic carbocycles. The lowest BCUT2D eigenvalue weighted by Gasteiger charge is -2.27. The van der Waals surface area contributed by atoms with Crippen LogP contribution >= 0.6 is 0 Å². The first-order valence-electron chi connectivity index (χ1n) is 5.29. The molecular weight excluding hydrogens is 144 g/mol. The van der Waals surface area contributed by atoms with Crippen LogP contribution < -0.4 is 0 Å². The Labute approximate surface area is 78.8 Å². The van der Waals surface area contributed by atoms with E-state index in [-0.39, 0.29) is 0 Å². The molecule has 0 aliphatic rings. The first-order valence-corrected chi connectivity index (χ1v) is 5.29. The minimum atomic E-state index is 0.553. The summed E-state index contributed by atoms with van der Waals surface area (Å²) in [6, 6.07) is 0. The molecule has 1 unspecified atom stereocenters. The summed E-state index contributed by atoms with van der Waals surface area (Å²) >= 11 is 0. The second-order valence-corrected chi connectivity index (χ2v) is 4.87. The smallest absolute Gasteiger partial charge is 0.0352 e. The van der Waals surface area contributed by atoms with E-state index in [1.165, 1.54) is 25.7 Å². The van der Waals surface area contributed by atoms with E-state index < -0.39 is 0 Å². The Balaban J connectivity index is 3.70. The van der Waals surface area contributed by atoms with Crippen LogP contribution in [0.15, 0.2) is 0 Å². The van der Waals surface area contributed by atoms with E-state index in [1.807, 2.05) is 0 Å². The SMILES string of the molecule is C[CH]CC(C)CC(C)(C)CCC. The molecule has 1 atom stereocenters. The van der Waals surface area contributed by atoms with Gasteiger partial charge in [-0.3, -0.25) is 0 Å². The summed E-state index contributed by atoms with van der Waals surface area (Å²) < 4.78 is 0. The molecule has 0 saturated carbocycles. The normalized spacial score (nSPS) is 14.8. The Kier molecular flexibility index (Phi) is 5.61. The highest BCUT2D eigenvalue weighted by Gasteiger charge is 2.19. The molecule has 0 heterocycles. The first kappa shape index (κ1) is 12.0. The summed E-state index contributed by atoms with van der Waals surface area (Å²) in [5.41, 5.74) is 0.553. The average molecular weight is 169 g/mol. The van der Waals surface area contributed by atoms with Gasteiger partial charge in [0, 0.05) is 0 Å². The molecule has 0 aliphatic heterocycles. The lowest BCUT2D eigenvalue weighted by molar-refractivity contribution is 0.253. The van der Waals surface area contributed by atoms with Crippen molar-refractivity contribution in [2.45, 2.75) is 60.3 Å². The highest BCUT2D eigenvalue weighted by molar-refractivity contribution is 4.73. The topological polar surface area (TPSA) is 0 Å². The molecule has 73 valence electrons. The molecule has 0 nitrogen and oxygen atoms in total. The van der Waals surface area contributed by atoms with Gasteiger partial charge in [-0.1, -0.05) is 41.0 Å².